The van der Waals surface area contributed by atoms with Crippen LogP contribution in [0, 0.1) is 0 Å². The number of carboxylic acids is 1. The highest BCUT2D eigenvalue weighted by atomic mass is 32.2. The van der Waals surface area contributed by atoms with Crippen LogP contribution < -0.4 is 10.1 Å². The van der Waals surface area contributed by atoms with E-state index < -0.39 is 12.1 Å². The number of thioether (sulfide) groups is 1. The zero-order chi connectivity index (χ0) is 16.2. The van der Waals surface area contributed by atoms with Crippen LogP contribution >= 0.6 is 11.8 Å². The van der Waals surface area contributed by atoms with E-state index in [2.05, 4.69) is 5.32 Å². The molecule has 0 radical (unpaired) electrons. The summed E-state index contributed by atoms with van der Waals surface area (Å²) in [5.41, 5.74) is 1.07. The maximum Gasteiger partial charge on any atom is 0.335 e. The van der Waals surface area contributed by atoms with E-state index in [0.717, 1.165) is 16.2 Å². The fraction of sp³-hybridized carbons (Fsp3) is 0.176. The molecule has 2 aromatic carbocycles. The Kier molecular flexibility index (Phi) is 4.52. The van der Waals surface area contributed by atoms with Crippen molar-refractivity contribution in [2.75, 3.05) is 5.75 Å². The molecule has 1 amide bonds. The third-order valence-electron chi connectivity index (χ3n) is 3.47. The van der Waals surface area contributed by atoms with Gasteiger partial charge in [0.15, 0.2) is 6.10 Å². The highest BCUT2D eigenvalue weighted by molar-refractivity contribution is 7.99. The number of amides is 1. The van der Waals surface area contributed by atoms with E-state index in [1.165, 1.54) is 12.1 Å². The molecule has 3 rings (SSSR count). The highest BCUT2D eigenvalue weighted by Gasteiger charge is 2.26. The minimum absolute atomic E-state index is 0.172. The Balaban J connectivity index is 1.57. The van der Waals surface area contributed by atoms with E-state index in [1.807, 2.05) is 24.3 Å². The van der Waals surface area contributed by atoms with Crippen molar-refractivity contribution in [3.05, 3.63) is 59.7 Å². The van der Waals surface area contributed by atoms with Crippen LogP contribution in [-0.2, 0) is 11.3 Å². The van der Waals surface area contributed by atoms with Crippen molar-refractivity contribution in [1.82, 2.24) is 5.32 Å². The maximum absolute atomic E-state index is 12.2. The number of nitrogens with one attached hydrogen (secondary N) is 1. The number of carbonyl (C=O) groups excluding carboxylic acids is 1. The smallest absolute Gasteiger partial charge is 0.335 e. The fourth-order valence-corrected chi connectivity index (χ4v) is 3.20. The van der Waals surface area contributed by atoms with Gasteiger partial charge in [-0.2, -0.15) is 0 Å². The van der Waals surface area contributed by atoms with Gasteiger partial charge in [0, 0.05) is 17.2 Å². The summed E-state index contributed by atoms with van der Waals surface area (Å²) in [5.74, 6) is 0.164. The maximum atomic E-state index is 12.2. The molecule has 2 aromatic rings. The second-order valence-corrected chi connectivity index (χ2v) is 6.15. The number of para-hydroxylation sites is 1. The fourth-order valence-electron chi connectivity index (χ4n) is 2.22. The number of hydrogen-bond acceptors (Lipinski definition) is 4. The summed E-state index contributed by atoms with van der Waals surface area (Å²) >= 11 is 1.60. The van der Waals surface area contributed by atoms with E-state index in [9.17, 15) is 9.59 Å². The first-order valence-corrected chi connectivity index (χ1v) is 8.10. The Hall–Kier alpha value is -2.47. The molecule has 0 fully saturated rings. The minimum atomic E-state index is -0.966. The van der Waals surface area contributed by atoms with Crippen LogP contribution in [0.5, 0.6) is 5.75 Å². The molecule has 23 heavy (non-hydrogen) atoms. The Morgan fingerprint density at radius 1 is 1.17 bits per heavy atom. The van der Waals surface area contributed by atoms with Gasteiger partial charge in [0.1, 0.15) is 5.75 Å². The van der Waals surface area contributed by atoms with Crippen LogP contribution in [0.25, 0.3) is 0 Å². The first-order chi connectivity index (χ1) is 11.1. The average Bonchev–Trinajstić information content (AvgIpc) is 2.59. The Labute approximate surface area is 137 Å². The molecule has 1 atom stereocenters. The Morgan fingerprint density at radius 3 is 2.65 bits per heavy atom. The van der Waals surface area contributed by atoms with Crippen LogP contribution in [0.3, 0.4) is 0 Å². The first-order valence-electron chi connectivity index (χ1n) is 7.12. The van der Waals surface area contributed by atoms with Crippen molar-refractivity contribution < 1.29 is 19.4 Å². The van der Waals surface area contributed by atoms with Gasteiger partial charge in [0.05, 0.1) is 5.56 Å². The predicted molar refractivity (Wildman–Crippen MR) is 86.8 cm³/mol. The molecule has 0 aliphatic carbocycles. The summed E-state index contributed by atoms with van der Waals surface area (Å²) in [7, 11) is 0. The number of fused-ring (bicyclic) bond motifs is 1. The van der Waals surface area contributed by atoms with E-state index in [1.54, 1.807) is 23.9 Å². The summed E-state index contributed by atoms with van der Waals surface area (Å²) in [4.78, 5) is 24.1. The number of hydrogen-bond donors (Lipinski definition) is 2. The molecule has 0 saturated carbocycles. The van der Waals surface area contributed by atoms with Gasteiger partial charge < -0.3 is 15.2 Å². The van der Waals surface area contributed by atoms with Crippen molar-refractivity contribution in [3.63, 3.8) is 0 Å². The second kappa shape index (κ2) is 6.75. The zero-order valence-electron chi connectivity index (χ0n) is 12.2. The molecule has 1 aliphatic rings. The third-order valence-corrected chi connectivity index (χ3v) is 4.59. The van der Waals surface area contributed by atoms with Crippen molar-refractivity contribution >= 4 is 23.6 Å². The predicted octanol–water partition coefficient (Wildman–Crippen LogP) is 2.55. The number of ether oxygens (including phenoxy) is 1. The molecule has 1 aliphatic heterocycles. The number of aromatic carboxylic acids is 1. The van der Waals surface area contributed by atoms with Gasteiger partial charge >= 0.3 is 5.97 Å². The van der Waals surface area contributed by atoms with Gasteiger partial charge in [0.2, 0.25) is 0 Å². The molecule has 5 nitrogen and oxygen atoms in total. The molecule has 1 heterocycles. The van der Waals surface area contributed by atoms with Crippen LogP contribution in [0.4, 0.5) is 0 Å². The van der Waals surface area contributed by atoms with Crippen LogP contribution in [0.2, 0.25) is 0 Å². The molecule has 0 spiro atoms. The molecule has 0 unspecified atom stereocenters. The van der Waals surface area contributed by atoms with Gasteiger partial charge in [-0.25, -0.2) is 4.79 Å². The van der Waals surface area contributed by atoms with Crippen molar-refractivity contribution in [2.24, 2.45) is 0 Å². The number of rotatable bonds is 4. The molecule has 118 valence electrons. The lowest BCUT2D eigenvalue weighted by Crippen LogP contribution is -2.41. The molecular formula is C17H15NO4S. The highest BCUT2D eigenvalue weighted by Crippen LogP contribution is 2.34. The standard InChI is InChI=1S/C17H15NO4S/c19-16(14-10-23-15-4-2-1-3-13(15)22-14)18-9-11-5-7-12(8-6-11)17(20)21/h1-8,14H,9-10H2,(H,18,19)(H,20,21)/t14-/m0/s1. The number of carboxylic acid groups (broad SMARTS) is 1. The summed E-state index contributed by atoms with van der Waals surface area (Å²) < 4.78 is 5.72. The molecule has 0 saturated heterocycles. The van der Waals surface area contributed by atoms with E-state index in [-0.39, 0.29) is 11.5 Å². The first kappa shape index (κ1) is 15.4. The van der Waals surface area contributed by atoms with Gasteiger partial charge in [-0.1, -0.05) is 24.3 Å². The Bertz CT molecular complexity index is 730. The van der Waals surface area contributed by atoms with Gasteiger partial charge in [0.25, 0.3) is 5.91 Å². The van der Waals surface area contributed by atoms with Crippen molar-refractivity contribution in [3.8, 4) is 5.75 Å². The summed E-state index contributed by atoms with van der Waals surface area (Å²) in [6, 6.07) is 14.1. The summed E-state index contributed by atoms with van der Waals surface area (Å²) in [6.07, 6.45) is -0.520. The lowest BCUT2D eigenvalue weighted by atomic mass is 10.1. The average molecular weight is 329 g/mol. The molecule has 0 bridgehead atoms. The minimum Gasteiger partial charge on any atom is -0.479 e. The van der Waals surface area contributed by atoms with Crippen molar-refractivity contribution in [2.45, 2.75) is 17.5 Å². The molecule has 0 aromatic heterocycles. The molecule has 2 N–H and O–H groups in total. The van der Waals surface area contributed by atoms with E-state index in [0.29, 0.717) is 12.3 Å². The quantitative estimate of drug-likeness (QED) is 0.901. The van der Waals surface area contributed by atoms with Crippen LogP contribution in [0.1, 0.15) is 15.9 Å². The Morgan fingerprint density at radius 2 is 1.91 bits per heavy atom. The normalized spacial score (nSPS) is 16.1. The topological polar surface area (TPSA) is 75.6 Å². The largest absolute Gasteiger partial charge is 0.479 e. The van der Waals surface area contributed by atoms with Crippen LogP contribution in [-0.4, -0.2) is 28.8 Å². The SMILES string of the molecule is O=C(O)c1ccc(CNC(=O)[C@@H]2CSc3ccccc3O2)cc1. The van der Waals surface area contributed by atoms with Gasteiger partial charge in [-0.05, 0) is 29.8 Å². The van der Waals surface area contributed by atoms with Crippen LogP contribution in [0.15, 0.2) is 53.4 Å². The zero-order valence-corrected chi connectivity index (χ0v) is 13.0. The van der Waals surface area contributed by atoms with E-state index >= 15 is 0 Å². The van der Waals surface area contributed by atoms with Gasteiger partial charge in [-0.15, -0.1) is 11.8 Å². The van der Waals surface area contributed by atoms with Gasteiger partial charge in [-0.3, -0.25) is 4.79 Å². The lowest BCUT2D eigenvalue weighted by Gasteiger charge is -2.24. The molecule has 6 heteroatoms. The number of carbonyl (C=O) groups is 2. The number of benzene rings is 2. The third kappa shape index (κ3) is 3.65. The summed E-state index contributed by atoms with van der Waals surface area (Å²) in [6.45, 7) is 0.338. The molecular weight excluding hydrogens is 314 g/mol. The van der Waals surface area contributed by atoms with Crippen molar-refractivity contribution in [1.29, 1.82) is 0 Å². The lowest BCUT2D eigenvalue weighted by molar-refractivity contribution is -0.127. The van der Waals surface area contributed by atoms with E-state index in [4.69, 9.17) is 9.84 Å². The second-order valence-electron chi connectivity index (χ2n) is 5.08. The summed E-state index contributed by atoms with van der Waals surface area (Å²) in [5, 5.41) is 11.7. The monoisotopic (exact) mass is 329 g/mol.